The number of barbiturate groups is 1. The molecule has 8 heteroatoms. The van der Waals surface area contributed by atoms with Gasteiger partial charge in [-0.15, -0.1) is 0 Å². The van der Waals surface area contributed by atoms with Gasteiger partial charge in [-0.1, -0.05) is 74.2 Å². The van der Waals surface area contributed by atoms with Crippen molar-refractivity contribution >= 4 is 46.9 Å². The molecule has 4 amide bonds. The first-order valence-corrected chi connectivity index (χ1v) is 12.9. The lowest BCUT2D eigenvalue weighted by molar-refractivity contribution is -0.121. The summed E-state index contributed by atoms with van der Waals surface area (Å²) < 4.78 is 11.4. The highest BCUT2D eigenvalue weighted by Crippen LogP contribution is 2.38. The van der Waals surface area contributed by atoms with E-state index in [0.717, 1.165) is 35.5 Å². The van der Waals surface area contributed by atoms with Crippen LogP contribution in [0.4, 0.5) is 16.2 Å². The Morgan fingerprint density at radius 2 is 1.39 bits per heavy atom. The van der Waals surface area contributed by atoms with Crippen LogP contribution in [0.1, 0.15) is 38.2 Å². The number of rotatable bonds is 10. The quantitative estimate of drug-likeness (QED) is 0.161. The zero-order valence-electron chi connectivity index (χ0n) is 21.4. The fourth-order valence-electron chi connectivity index (χ4n) is 4.17. The van der Waals surface area contributed by atoms with Gasteiger partial charge in [0.2, 0.25) is 0 Å². The van der Waals surface area contributed by atoms with Crippen LogP contribution in [-0.4, -0.2) is 31.6 Å². The van der Waals surface area contributed by atoms with Crippen molar-refractivity contribution in [2.24, 2.45) is 0 Å². The number of urea groups is 1. The average molecular weight is 533 g/mol. The lowest BCUT2D eigenvalue weighted by Crippen LogP contribution is -2.57. The van der Waals surface area contributed by atoms with E-state index < -0.39 is 17.8 Å². The topological polar surface area (TPSA) is 76.2 Å². The normalized spacial score (nSPS) is 13.7. The van der Waals surface area contributed by atoms with Crippen molar-refractivity contribution in [1.29, 1.82) is 0 Å². The SMILES string of the molecule is CCCCCCOc1c(Cl)cc(C=C2C(=O)N(c3ccccc3)C(=O)N(c3ccccc3)C2=O)cc1OC. The van der Waals surface area contributed by atoms with Gasteiger partial charge in [-0.3, -0.25) is 9.59 Å². The predicted molar refractivity (Wildman–Crippen MR) is 149 cm³/mol. The van der Waals surface area contributed by atoms with Gasteiger partial charge in [0.05, 0.1) is 30.1 Å². The van der Waals surface area contributed by atoms with E-state index in [2.05, 4.69) is 6.92 Å². The molecule has 0 radical (unpaired) electrons. The highest BCUT2D eigenvalue weighted by atomic mass is 35.5. The van der Waals surface area contributed by atoms with Crippen molar-refractivity contribution in [1.82, 2.24) is 0 Å². The van der Waals surface area contributed by atoms with Crippen LogP contribution < -0.4 is 19.3 Å². The lowest BCUT2D eigenvalue weighted by Gasteiger charge is -2.34. The van der Waals surface area contributed by atoms with Gasteiger partial charge in [-0.2, -0.15) is 0 Å². The highest BCUT2D eigenvalue weighted by Gasteiger charge is 2.43. The number of para-hydroxylation sites is 2. The van der Waals surface area contributed by atoms with E-state index in [0.29, 0.717) is 40.1 Å². The number of carbonyl (C=O) groups excluding carboxylic acids is 3. The number of hydrogen-bond acceptors (Lipinski definition) is 5. The Morgan fingerprint density at radius 1 is 0.816 bits per heavy atom. The summed E-state index contributed by atoms with van der Waals surface area (Å²) in [7, 11) is 1.50. The molecule has 0 aromatic heterocycles. The molecule has 1 fully saturated rings. The molecule has 0 unspecified atom stereocenters. The molecule has 1 aliphatic heterocycles. The van der Waals surface area contributed by atoms with Crippen molar-refractivity contribution in [2.75, 3.05) is 23.5 Å². The number of halogens is 1. The summed E-state index contributed by atoms with van der Waals surface area (Å²) in [6, 6.07) is 19.5. The lowest BCUT2D eigenvalue weighted by atomic mass is 10.0. The van der Waals surface area contributed by atoms with E-state index in [9.17, 15) is 14.4 Å². The van der Waals surface area contributed by atoms with Crippen LogP contribution in [0.5, 0.6) is 11.5 Å². The first kappa shape index (κ1) is 26.9. The highest BCUT2D eigenvalue weighted by molar-refractivity contribution is 6.46. The summed E-state index contributed by atoms with van der Waals surface area (Å²) in [5.74, 6) is -0.679. The minimum Gasteiger partial charge on any atom is -0.493 e. The van der Waals surface area contributed by atoms with Crippen LogP contribution in [0.15, 0.2) is 78.4 Å². The maximum Gasteiger partial charge on any atom is 0.343 e. The zero-order chi connectivity index (χ0) is 27.1. The van der Waals surface area contributed by atoms with Gasteiger partial charge >= 0.3 is 6.03 Å². The second-order valence-corrected chi connectivity index (χ2v) is 9.14. The standard InChI is InChI=1S/C30H29ClN2O5/c1-3-4-5-12-17-38-27-25(31)19-21(20-26(27)37-2)18-24-28(34)32(22-13-8-6-9-14-22)30(36)33(29(24)35)23-15-10-7-11-16-23/h6-11,13-16,18-20H,3-5,12,17H2,1-2H3. The monoisotopic (exact) mass is 532 g/mol. The molecule has 3 aromatic carbocycles. The summed E-state index contributed by atoms with van der Waals surface area (Å²) >= 11 is 6.54. The number of carbonyl (C=O) groups is 3. The number of nitrogens with zero attached hydrogens (tertiary/aromatic N) is 2. The maximum atomic E-state index is 13.6. The van der Waals surface area contributed by atoms with E-state index >= 15 is 0 Å². The Labute approximate surface area is 227 Å². The molecule has 3 aromatic rings. The Bertz CT molecular complexity index is 1280. The van der Waals surface area contributed by atoms with Crippen molar-refractivity contribution in [3.05, 3.63) is 89.0 Å². The number of anilines is 2. The van der Waals surface area contributed by atoms with E-state index in [1.54, 1.807) is 72.8 Å². The fraction of sp³-hybridized carbons (Fsp3) is 0.233. The molecule has 1 saturated heterocycles. The molecule has 7 nitrogen and oxygen atoms in total. The van der Waals surface area contributed by atoms with Gasteiger partial charge < -0.3 is 9.47 Å². The smallest absolute Gasteiger partial charge is 0.343 e. The summed E-state index contributed by atoms with van der Waals surface area (Å²) in [4.78, 5) is 42.5. The van der Waals surface area contributed by atoms with Gasteiger partial charge in [-0.05, 0) is 54.5 Å². The van der Waals surface area contributed by atoms with Crippen molar-refractivity contribution in [3.63, 3.8) is 0 Å². The second kappa shape index (κ2) is 12.4. The number of amides is 4. The van der Waals surface area contributed by atoms with Crippen LogP contribution in [0.3, 0.4) is 0 Å². The summed E-state index contributed by atoms with van der Waals surface area (Å²) in [5, 5.41) is 0.290. The molecule has 4 rings (SSSR count). The number of methoxy groups -OCH3 is 1. The molecule has 38 heavy (non-hydrogen) atoms. The van der Waals surface area contributed by atoms with E-state index in [4.69, 9.17) is 21.1 Å². The Morgan fingerprint density at radius 3 is 1.92 bits per heavy atom. The van der Waals surface area contributed by atoms with E-state index in [1.807, 2.05) is 0 Å². The molecule has 0 N–H and O–H groups in total. The number of imide groups is 2. The predicted octanol–water partition coefficient (Wildman–Crippen LogP) is 6.89. The number of ether oxygens (including phenoxy) is 2. The van der Waals surface area contributed by atoms with E-state index in [-0.39, 0.29) is 5.57 Å². The Balaban J connectivity index is 1.73. The molecule has 196 valence electrons. The number of hydrogen-bond donors (Lipinski definition) is 0. The van der Waals surface area contributed by atoms with Crippen LogP contribution in [-0.2, 0) is 9.59 Å². The van der Waals surface area contributed by atoms with Crippen LogP contribution in [0.2, 0.25) is 5.02 Å². The third kappa shape index (κ3) is 5.73. The number of benzene rings is 3. The number of unbranched alkanes of at least 4 members (excludes halogenated alkanes) is 3. The minimum absolute atomic E-state index is 0.191. The Hall–Kier alpha value is -4.10. The summed E-state index contributed by atoms with van der Waals surface area (Å²) in [6.07, 6.45) is 5.62. The zero-order valence-corrected chi connectivity index (χ0v) is 22.1. The molecule has 1 heterocycles. The fourth-order valence-corrected chi connectivity index (χ4v) is 4.45. The van der Waals surface area contributed by atoms with Crippen LogP contribution in [0.25, 0.3) is 6.08 Å². The average Bonchev–Trinajstić information content (AvgIpc) is 2.93. The molecule has 0 aliphatic carbocycles. The summed E-state index contributed by atoms with van der Waals surface area (Å²) in [5.41, 5.74) is 0.967. The van der Waals surface area contributed by atoms with Crippen LogP contribution >= 0.6 is 11.6 Å². The first-order chi connectivity index (χ1) is 18.5. The first-order valence-electron chi connectivity index (χ1n) is 12.5. The summed E-state index contributed by atoms with van der Waals surface area (Å²) in [6.45, 7) is 2.64. The largest absolute Gasteiger partial charge is 0.493 e. The molecule has 1 aliphatic rings. The van der Waals surface area contributed by atoms with Gasteiger partial charge in [0, 0.05) is 0 Å². The molecular formula is C30H29ClN2O5. The third-order valence-electron chi connectivity index (χ3n) is 6.09. The van der Waals surface area contributed by atoms with Gasteiger partial charge in [-0.25, -0.2) is 14.6 Å². The molecule has 0 atom stereocenters. The molecule has 0 spiro atoms. The van der Waals surface area contributed by atoms with E-state index in [1.165, 1.54) is 13.2 Å². The minimum atomic E-state index is -0.753. The molecular weight excluding hydrogens is 504 g/mol. The van der Waals surface area contributed by atoms with Gasteiger partial charge in [0.1, 0.15) is 5.57 Å². The molecule has 0 saturated carbocycles. The van der Waals surface area contributed by atoms with Gasteiger partial charge in [0.15, 0.2) is 11.5 Å². The van der Waals surface area contributed by atoms with Crippen molar-refractivity contribution in [3.8, 4) is 11.5 Å². The van der Waals surface area contributed by atoms with Crippen molar-refractivity contribution in [2.45, 2.75) is 32.6 Å². The Kier molecular flexibility index (Phi) is 8.81. The third-order valence-corrected chi connectivity index (χ3v) is 6.37. The van der Waals surface area contributed by atoms with Gasteiger partial charge in [0.25, 0.3) is 11.8 Å². The maximum absolute atomic E-state index is 13.6. The van der Waals surface area contributed by atoms with Crippen molar-refractivity contribution < 1.29 is 23.9 Å². The van der Waals surface area contributed by atoms with Crippen LogP contribution in [0, 0.1) is 0 Å². The molecule has 0 bridgehead atoms. The second-order valence-electron chi connectivity index (χ2n) is 8.74.